The summed E-state index contributed by atoms with van der Waals surface area (Å²) in [4.78, 5) is 7.00. The third-order valence-electron chi connectivity index (χ3n) is 11.5. The molecule has 2 unspecified atom stereocenters. The number of anilines is 2. The van der Waals surface area contributed by atoms with E-state index >= 15 is 0 Å². The lowest BCUT2D eigenvalue weighted by molar-refractivity contribution is 0.654. The van der Waals surface area contributed by atoms with Crippen molar-refractivity contribution in [3.8, 4) is 0 Å². The number of aromatic nitrogens is 1. The SMILES string of the molecule is C1=CC2C=CC=C(c3cccc(N(C4=CCCC(c5cc6ccccc6c6ccccc56)=C4)c4cccc5cc6c(cc45)oc4ncccc46)c3)C2C=C1. The molecule has 256 valence electrons. The Hall–Kier alpha value is -6.71. The van der Waals surface area contributed by atoms with Gasteiger partial charge in [-0.25, -0.2) is 4.98 Å². The van der Waals surface area contributed by atoms with Crippen LogP contribution in [0.3, 0.4) is 0 Å². The first-order chi connectivity index (χ1) is 26.8. The Bertz CT molecular complexity index is 3020. The Labute approximate surface area is 313 Å². The number of hydrogen-bond donors (Lipinski definition) is 0. The minimum Gasteiger partial charge on any atom is -0.438 e. The maximum absolute atomic E-state index is 6.36. The van der Waals surface area contributed by atoms with Crippen LogP contribution in [0.1, 0.15) is 24.0 Å². The summed E-state index contributed by atoms with van der Waals surface area (Å²) in [5, 5.41) is 9.57. The molecule has 0 saturated carbocycles. The van der Waals surface area contributed by atoms with Crippen LogP contribution in [0.2, 0.25) is 0 Å². The van der Waals surface area contributed by atoms with Gasteiger partial charge in [-0.15, -0.1) is 0 Å². The lowest BCUT2D eigenvalue weighted by Gasteiger charge is -2.32. The number of rotatable bonds is 5. The summed E-state index contributed by atoms with van der Waals surface area (Å²) in [6, 6.07) is 44.3. The molecule has 0 fully saturated rings. The van der Waals surface area contributed by atoms with E-state index in [0.29, 0.717) is 17.5 Å². The lowest BCUT2D eigenvalue weighted by atomic mass is 9.77. The van der Waals surface area contributed by atoms with Crippen LogP contribution in [-0.2, 0) is 0 Å². The fraction of sp³-hybridized carbons (Fsp3) is 0.0784. The normalized spacial score (nSPS) is 18.0. The molecule has 0 spiro atoms. The van der Waals surface area contributed by atoms with Crippen molar-refractivity contribution in [3.05, 3.63) is 199 Å². The largest absolute Gasteiger partial charge is 0.438 e. The topological polar surface area (TPSA) is 29.3 Å². The number of nitrogens with zero attached hydrogens (tertiary/aromatic N) is 2. The molecule has 2 aromatic heterocycles. The molecule has 3 aliphatic carbocycles. The Morgan fingerprint density at radius 1 is 0.630 bits per heavy atom. The number of benzene rings is 6. The third-order valence-corrected chi connectivity index (χ3v) is 11.5. The van der Waals surface area contributed by atoms with Crippen molar-refractivity contribution < 1.29 is 4.42 Å². The molecule has 0 saturated heterocycles. The summed E-state index contributed by atoms with van der Waals surface area (Å²) < 4.78 is 6.36. The van der Waals surface area contributed by atoms with Gasteiger partial charge in [0.2, 0.25) is 5.71 Å². The van der Waals surface area contributed by atoms with Crippen LogP contribution in [0.25, 0.3) is 65.5 Å². The molecular weight excluding hydrogens is 657 g/mol. The number of allylic oxidation sites excluding steroid dienone is 11. The molecule has 2 heterocycles. The first-order valence-corrected chi connectivity index (χ1v) is 18.9. The molecule has 6 aromatic carbocycles. The molecule has 2 atom stereocenters. The van der Waals surface area contributed by atoms with Crippen LogP contribution in [-0.4, -0.2) is 4.98 Å². The van der Waals surface area contributed by atoms with Crippen LogP contribution >= 0.6 is 0 Å². The van der Waals surface area contributed by atoms with E-state index in [1.54, 1.807) is 6.20 Å². The van der Waals surface area contributed by atoms with Crippen molar-refractivity contribution in [2.24, 2.45) is 11.8 Å². The maximum Gasteiger partial charge on any atom is 0.227 e. The summed E-state index contributed by atoms with van der Waals surface area (Å²) in [7, 11) is 0. The molecule has 3 aliphatic rings. The van der Waals surface area contributed by atoms with E-state index < -0.39 is 0 Å². The summed E-state index contributed by atoms with van der Waals surface area (Å²) in [6.07, 6.45) is 24.4. The van der Waals surface area contributed by atoms with Gasteiger partial charge in [0.1, 0.15) is 5.58 Å². The van der Waals surface area contributed by atoms with Crippen LogP contribution in [0, 0.1) is 11.8 Å². The van der Waals surface area contributed by atoms with Crippen LogP contribution < -0.4 is 4.90 Å². The average Bonchev–Trinajstić information content (AvgIpc) is 3.60. The van der Waals surface area contributed by atoms with Gasteiger partial charge in [-0.1, -0.05) is 121 Å². The monoisotopic (exact) mass is 692 g/mol. The number of pyridine rings is 1. The van der Waals surface area contributed by atoms with Gasteiger partial charge >= 0.3 is 0 Å². The quantitative estimate of drug-likeness (QED) is 0.168. The van der Waals surface area contributed by atoms with Crippen LogP contribution in [0.5, 0.6) is 0 Å². The lowest BCUT2D eigenvalue weighted by Crippen LogP contribution is -2.18. The minimum atomic E-state index is 0.317. The minimum absolute atomic E-state index is 0.317. The smallest absolute Gasteiger partial charge is 0.227 e. The molecule has 11 rings (SSSR count). The predicted octanol–water partition coefficient (Wildman–Crippen LogP) is 13.7. The molecular formula is C51H36N2O. The van der Waals surface area contributed by atoms with Crippen molar-refractivity contribution in [3.63, 3.8) is 0 Å². The number of fused-ring (bicyclic) bond motifs is 8. The van der Waals surface area contributed by atoms with Gasteiger partial charge < -0.3 is 9.32 Å². The van der Waals surface area contributed by atoms with E-state index in [1.165, 1.54) is 49.5 Å². The predicted molar refractivity (Wildman–Crippen MR) is 227 cm³/mol. The van der Waals surface area contributed by atoms with Gasteiger partial charge in [0.05, 0.1) is 5.69 Å². The standard InChI is InChI=1S/C51H36N2O/c1-3-20-40-33(12-1)14-9-24-41(40)34-15-7-18-38(28-34)53(49-26-10-17-37-31-48-45-25-11-27-52-51(45)54-50(48)32-47(37)49)39-19-8-16-35(29-39)46-30-36-13-2-4-21-42(36)43-22-5-6-23-44(43)46/h1-7,9-15,17-33,40H,8,16H2. The number of furan rings is 1. The van der Waals surface area contributed by atoms with Gasteiger partial charge in [0.15, 0.2) is 0 Å². The van der Waals surface area contributed by atoms with Crippen molar-refractivity contribution in [2.45, 2.75) is 12.8 Å². The van der Waals surface area contributed by atoms with Gasteiger partial charge in [-0.05, 0) is 117 Å². The van der Waals surface area contributed by atoms with Gasteiger partial charge in [-0.2, -0.15) is 0 Å². The van der Waals surface area contributed by atoms with E-state index in [0.717, 1.165) is 51.3 Å². The molecule has 0 radical (unpaired) electrons. The summed E-state index contributed by atoms with van der Waals surface area (Å²) in [5.41, 5.74) is 10.2. The van der Waals surface area contributed by atoms with Crippen molar-refractivity contribution in [1.29, 1.82) is 0 Å². The summed E-state index contributed by atoms with van der Waals surface area (Å²) in [6.45, 7) is 0. The van der Waals surface area contributed by atoms with Gasteiger partial charge in [0, 0.05) is 45.6 Å². The van der Waals surface area contributed by atoms with E-state index in [1.807, 2.05) is 6.07 Å². The second-order valence-corrected chi connectivity index (χ2v) is 14.6. The first-order valence-electron chi connectivity index (χ1n) is 18.9. The molecule has 0 amide bonds. The van der Waals surface area contributed by atoms with Crippen molar-refractivity contribution in [2.75, 3.05) is 4.90 Å². The van der Waals surface area contributed by atoms with Gasteiger partial charge in [0.25, 0.3) is 0 Å². The highest BCUT2D eigenvalue weighted by Gasteiger charge is 2.26. The Morgan fingerprint density at radius 3 is 2.39 bits per heavy atom. The maximum atomic E-state index is 6.36. The molecule has 54 heavy (non-hydrogen) atoms. The zero-order valence-corrected chi connectivity index (χ0v) is 29.7. The molecule has 8 aromatic rings. The summed E-state index contributed by atoms with van der Waals surface area (Å²) in [5.74, 6) is 0.690. The molecule has 0 bridgehead atoms. The fourth-order valence-corrected chi connectivity index (χ4v) is 8.99. The second kappa shape index (κ2) is 12.5. The molecule has 3 heteroatoms. The van der Waals surface area contributed by atoms with Gasteiger partial charge in [-0.3, -0.25) is 0 Å². The highest BCUT2D eigenvalue weighted by atomic mass is 16.3. The molecule has 0 N–H and O–H groups in total. The highest BCUT2D eigenvalue weighted by molar-refractivity contribution is 6.13. The van der Waals surface area contributed by atoms with Crippen molar-refractivity contribution >= 4 is 76.9 Å². The Balaban J connectivity index is 1.12. The zero-order valence-electron chi connectivity index (χ0n) is 29.7. The van der Waals surface area contributed by atoms with Crippen LogP contribution in [0.4, 0.5) is 11.4 Å². The summed E-state index contributed by atoms with van der Waals surface area (Å²) >= 11 is 0. The Morgan fingerprint density at radius 2 is 1.43 bits per heavy atom. The molecule has 0 aliphatic heterocycles. The first kappa shape index (κ1) is 30.9. The Kier molecular flexibility index (Phi) is 7.12. The number of hydrogen-bond acceptors (Lipinski definition) is 3. The van der Waals surface area contributed by atoms with E-state index in [9.17, 15) is 0 Å². The van der Waals surface area contributed by atoms with E-state index in [-0.39, 0.29) is 0 Å². The molecule has 3 nitrogen and oxygen atoms in total. The highest BCUT2D eigenvalue weighted by Crippen LogP contribution is 2.44. The second-order valence-electron chi connectivity index (χ2n) is 14.6. The van der Waals surface area contributed by atoms with E-state index in [2.05, 4.69) is 180 Å². The third kappa shape index (κ3) is 5.00. The zero-order chi connectivity index (χ0) is 35.6. The fourth-order valence-electron chi connectivity index (χ4n) is 8.99. The van der Waals surface area contributed by atoms with E-state index in [4.69, 9.17) is 4.42 Å². The van der Waals surface area contributed by atoms with Crippen molar-refractivity contribution in [1.82, 2.24) is 4.98 Å². The average molecular weight is 693 g/mol. The van der Waals surface area contributed by atoms with Crippen LogP contribution in [0.15, 0.2) is 192 Å².